The molecular weight excluding hydrogens is 680 g/mol. The molecule has 1 aromatic heterocycles. The third-order valence-corrected chi connectivity index (χ3v) is 10.8. The molecule has 1 aliphatic heterocycles. The average molecular weight is 740 g/mol. The Balaban J connectivity index is 1.32. The van der Waals surface area contributed by atoms with Gasteiger partial charge < -0.3 is 26.0 Å². The highest BCUT2D eigenvalue weighted by atomic mass is 19.3. The predicted molar refractivity (Wildman–Crippen MR) is 200 cm³/mol. The number of piperazine rings is 1. The maximum atomic E-state index is 13.9. The zero-order chi connectivity index (χ0) is 38.0. The van der Waals surface area contributed by atoms with Crippen LogP contribution in [-0.2, 0) is 16.0 Å². The summed E-state index contributed by atoms with van der Waals surface area (Å²) in [4.78, 5) is 49.9. The van der Waals surface area contributed by atoms with E-state index >= 15 is 0 Å². The molecule has 1 saturated heterocycles. The number of primary amides is 1. The van der Waals surface area contributed by atoms with Crippen molar-refractivity contribution in [3.05, 3.63) is 65.5 Å². The number of carbonyl (C=O) groups excluding carboxylic acids is 3. The van der Waals surface area contributed by atoms with E-state index in [0.29, 0.717) is 45.7 Å². The Kier molecular flexibility index (Phi) is 14.1. The van der Waals surface area contributed by atoms with E-state index in [0.717, 1.165) is 49.9 Å². The Morgan fingerprint density at radius 1 is 1.06 bits per heavy atom. The van der Waals surface area contributed by atoms with Gasteiger partial charge in [-0.05, 0) is 95.9 Å². The molecule has 13 heteroatoms. The number of fused-ring (bicyclic) bond motifs is 1. The molecule has 3 aliphatic rings. The van der Waals surface area contributed by atoms with Crippen LogP contribution in [0.4, 0.5) is 18.4 Å². The highest BCUT2D eigenvalue weighted by Gasteiger charge is 2.39. The molecule has 2 heterocycles. The first-order valence-electron chi connectivity index (χ1n) is 19.4. The molecule has 0 spiro atoms. The summed E-state index contributed by atoms with van der Waals surface area (Å²) >= 11 is 0. The van der Waals surface area contributed by atoms with Gasteiger partial charge in [-0.3, -0.25) is 19.6 Å². The Morgan fingerprint density at radius 2 is 1.81 bits per heavy atom. The third kappa shape index (κ3) is 12.1. The predicted octanol–water partition coefficient (Wildman–Crippen LogP) is 6.20. The van der Waals surface area contributed by atoms with Crippen LogP contribution in [0.25, 0.3) is 0 Å². The van der Waals surface area contributed by atoms with E-state index in [1.165, 1.54) is 5.56 Å². The summed E-state index contributed by atoms with van der Waals surface area (Å²) in [5, 5.41) is 5.90. The third-order valence-electron chi connectivity index (χ3n) is 10.8. The fraction of sp³-hybridized carbons (Fsp3) is 0.650. The minimum atomic E-state index is -2.69. The van der Waals surface area contributed by atoms with Gasteiger partial charge in [-0.2, -0.15) is 0 Å². The lowest BCUT2D eigenvalue weighted by molar-refractivity contribution is -0.130. The van der Waals surface area contributed by atoms with Gasteiger partial charge in [0.1, 0.15) is 5.60 Å². The van der Waals surface area contributed by atoms with Gasteiger partial charge >= 0.3 is 12.1 Å². The van der Waals surface area contributed by atoms with Gasteiger partial charge in [-0.1, -0.05) is 36.4 Å². The number of hydrogen-bond donors (Lipinski definition) is 3. The highest BCUT2D eigenvalue weighted by molar-refractivity contribution is 5.79. The standard InChI is InChI=1S/C40H59F2N7O4/c1-39(2,3)53-38(52)49-26-25-47(24-18-33(29-11-5-4-6-12-29)46-36(50)31-16-19-40(41,42)20-17-31)27-32(49)28-48(23-8-7-21-45-37(43)51)34-15-9-13-30-14-10-22-44-35(30)34/h4-6,10-12,14,22,31-34H,7-9,13,15-21,23-28H2,1-3H3,(H,46,50)(H3,43,45,51)/t32?,33-,34-/m0/s1. The van der Waals surface area contributed by atoms with Crippen molar-refractivity contribution in [3.63, 3.8) is 0 Å². The van der Waals surface area contributed by atoms with Gasteiger partial charge in [-0.15, -0.1) is 0 Å². The number of nitrogens with zero attached hydrogens (tertiary/aromatic N) is 4. The summed E-state index contributed by atoms with van der Waals surface area (Å²) in [5.41, 5.74) is 7.99. The fourth-order valence-corrected chi connectivity index (χ4v) is 7.99. The molecule has 1 saturated carbocycles. The van der Waals surface area contributed by atoms with Gasteiger partial charge in [0.25, 0.3) is 0 Å². The molecule has 4 amide bonds. The van der Waals surface area contributed by atoms with Gasteiger partial charge in [0.2, 0.25) is 11.8 Å². The van der Waals surface area contributed by atoms with Crippen LogP contribution in [0.5, 0.6) is 0 Å². The Bertz CT molecular complexity index is 1500. The van der Waals surface area contributed by atoms with Crippen molar-refractivity contribution in [2.75, 3.05) is 45.8 Å². The van der Waals surface area contributed by atoms with Gasteiger partial charge in [0, 0.05) is 64.2 Å². The minimum Gasteiger partial charge on any atom is -0.444 e. The number of hydrogen-bond acceptors (Lipinski definition) is 7. The summed E-state index contributed by atoms with van der Waals surface area (Å²) in [5.74, 6) is -3.27. The van der Waals surface area contributed by atoms with Crippen molar-refractivity contribution >= 4 is 18.0 Å². The second-order valence-electron chi connectivity index (χ2n) is 16.0. The number of nitrogens with one attached hydrogen (secondary N) is 2. The number of amides is 4. The molecule has 5 rings (SSSR count). The highest BCUT2D eigenvalue weighted by Crippen LogP contribution is 2.37. The lowest BCUT2D eigenvalue weighted by Crippen LogP contribution is -2.60. The summed E-state index contributed by atoms with van der Waals surface area (Å²) < 4.78 is 33.6. The lowest BCUT2D eigenvalue weighted by atomic mass is 9.86. The topological polar surface area (TPSA) is 133 Å². The van der Waals surface area contributed by atoms with Gasteiger partial charge in [-0.25, -0.2) is 18.4 Å². The minimum absolute atomic E-state index is 0.0947. The molecular formula is C40H59F2N7O4. The molecule has 11 nitrogen and oxygen atoms in total. The number of carbonyl (C=O) groups is 3. The van der Waals surface area contributed by atoms with Crippen molar-refractivity contribution < 1.29 is 27.9 Å². The number of nitrogens with two attached hydrogens (primary N) is 1. The molecule has 53 heavy (non-hydrogen) atoms. The number of halogens is 2. The number of rotatable bonds is 14. The molecule has 1 aromatic carbocycles. The van der Waals surface area contributed by atoms with Crippen LogP contribution in [0.3, 0.4) is 0 Å². The number of pyridine rings is 1. The van der Waals surface area contributed by atoms with Crippen LogP contribution in [-0.4, -0.2) is 101 Å². The summed E-state index contributed by atoms with van der Waals surface area (Å²) in [6, 6.07) is 13.1. The van der Waals surface area contributed by atoms with Crippen LogP contribution in [0.15, 0.2) is 48.7 Å². The number of urea groups is 1. The number of alkyl halides is 2. The van der Waals surface area contributed by atoms with Crippen LogP contribution in [0.1, 0.15) is 107 Å². The number of ether oxygens (including phenoxy) is 1. The van der Waals surface area contributed by atoms with Crippen LogP contribution >= 0.6 is 0 Å². The Labute approximate surface area is 313 Å². The zero-order valence-corrected chi connectivity index (χ0v) is 31.7. The first-order chi connectivity index (χ1) is 25.3. The number of aryl methyl sites for hydroxylation is 1. The van der Waals surface area contributed by atoms with Gasteiger partial charge in [0.05, 0.1) is 23.8 Å². The van der Waals surface area contributed by atoms with Crippen LogP contribution in [0, 0.1) is 5.92 Å². The fourth-order valence-electron chi connectivity index (χ4n) is 7.99. The van der Waals surface area contributed by atoms with Crippen LogP contribution in [0.2, 0.25) is 0 Å². The molecule has 0 radical (unpaired) electrons. The molecule has 4 N–H and O–H groups in total. The van der Waals surface area contributed by atoms with E-state index in [1.54, 1.807) is 0 Å². The second-order valence-corrected chi connectivity index (χ2v) is 16.0. The van der Waals surface area contributed by atoms with Crippen LogP contribution < -0.4 is 16.4 Å². The number of benzene rings is 1. The second kappa shape index (κ2) is 18.5. The molecule has 2 aromatic rings. The molecule has 2 fully saturated rings. The lowest BCUT2D eigenvalue weighted by Gasteiger charge is -2.45. The molecule has 1 unspecified atom stereocenters. The smallest absolute Gasteiger partial charge is 0.410 e. The average Bonchev–Trinajstić information content (AvgIpc) is 3.12. The summed E-state index contributed by atoms with van der Waals surface area (Å²) in [6.45, 7) is 9.94. The number of unbranched alkanes of at least 4 members (excludes halogenated alkanes) is 1. The SMILES string of the molecule is CC(C)(C)OC(=O)N1CCN(CC[C@H](NC(=O)C2CCC(F)(F)CC2)c2ccccc2)CC1CN(CCCCNC(N)=O)[C@H]1CCCc2cccnc21. The maximum absolute atomic E-state index is 13.9. The van der Waals surface area contributed by atoms with Crippen molar-refractivity contribution in [2.45, 2.75) is 115 Å². The van der Waals surface area contributed by atoms with E-state index in [2.05, 4.69) is 26.5 Å². The number of aromatic nitrogens is 1. The van der Waals surface area contributed by atoms with E-state index in [1.807, 2.05) is 68.3 Å². The van der Waals surface area contributed by atoms with E-state index in [4.69, 9.17) is 15.5 Å². The van der Waals surface area contributed by atoms with Gasteiger partial charge in [0.15, 0.2) is 0 Å². The first-order valence-corrected chi connectivity index (χ1v) is 19.4. The molecule has 292 valence electrons. The summed E-state index contributed by atoms with van der Waals surface area (Å²) in [6.07, 6.45) is 6.62. The molecule has 2 aliphatic carbocycles. The molecule has 3 atom stereocenters. The van der Waals surface area contributed by atoms with E-state index < -0.39 is 23.5 Å². The maximum Gasteiger partial charge on any atom is 0.410 e. The zero-order valence-electron chi connectivity index (χ0n) is 31.7. The van der Waals surface area contributed by atoms with Crippen molar-refractivity contribution in [1.82, 2.24) is 30.3 Å². The quantitative estimate of drug-likeness (QED) is 0.197. The Morgan fingerprint density at radius 3 is 2.53 bits per heavy atom. The van der Waals surface area contributed by atoms with Crippen molar-refractivity contribution in [2.24, 2.45) is 11.7 Å². The Hall–Kier alpha value is -3.84. The normalized spacial score (nSPS) is 21.4. The monoisotopic (exact) mass is 739 g/mol. The van der Waals surface area contributed by atoms with Crippen molar-refractivity contribution in [3.8, 4) is 0 Å². The largest absolute Gasteiger partial charge is 0.444 e. The summed E-state index contributed by atoms with van der Waals surface area (Å²) in [7, 11) is 0. The van der Waals surface area contributed by atoms with Crippen molar-refractivity contribution in [1.29, 1.82) is 0 Å². The van der Waals surface area contributed by atoms with E-state index in [9.17, 15) is 23.2 Å². The first kappa shape index (κ1) is 40.3. The van der Waals surface area contributed by atoms with E-state index in [-0.39, 0.29) is 55.8 Å². The molecule has 0 bridgehead atoms.